The van der Waals surface area contributed by atoms with Crippen LogP contribution < -0.4 is 5.73 Å². The molecule has 0 aromatic rings. The van der Waals surface area contributed by atoms with E-state index < -0.39 is 0 Å². The van der Waals surface area contributed by atoms with Gasteiger partial charge in [-0.3, -0.25) is 0 Å². The smallest absolute Gasteiger partial charge is 0.0642 e. The van der Waals surface area contributed by atoms with Crippen molar-refractivity contribution >= 4 is 0 Å². The summed E-state index contributed by atoms with van der Waals surface area (Å²) in [5.74, 6) is 0.247. The van der Waals surface area contributed by atoms with Gasteiger partial charge in [-0.25, -0.2) is 0 Å². The second-order valence-corrected chi connectivity index (χ2v) is 3.14. The molecular formula is C8H15NO2. The maximum atomic E-state index is 8.86. The van der Waals surface area contributed by atoms with Crippen molar-refractivity contribution in [3.63, 3.8) is 0 Å². The van der Waals surface area contributed by atoms with Crippen LogP contribution in [0.25, 0.3) is 0 Å². The van der Waals surface area contributed by atoms with Crippen LogP contribution in [0.15, 0.2) is 11.6 Å². The molecule has 3 heteroatoms. The Kier molecular flexibility index (Phi) is 3.05. The van der Waals surface area contributed by atoms with E-state index in [1.54, 1.807) is 0 Å². The molecule has 64 valence electrons. The standard InChI is InChI=1S/C8H15NO2/c9-8-2-6(4-10)1-7(3-8)5-11/h2,7-8,10-11H,1,3-5,9H2. The summed E-state index contributed by atoms with van der Waals surface area (Å²) in [7, 11) is 0. The molecule has 0 fully saturated rings. The van der Waals surface area contributed by atoms with Crippen LogP contribution in [0.2, 0.25) is 0 Å². The largest absolute Gasteiger partial charge is 0.396 e. The highest BCUT2D eigenvalue weighted by Gasteiger charge is 2.18. The van der Waals surface area contributed by atoms with Gasteiger partial charge in [-0.05, 0) is 24.3 Å². The molecule has 0 saturated carbocycles. The van der Waals surface area contributed by atoms with Gasteiger partial charge in [0, 0.05) is 12.6 Å². The fourth-order valence-electron chi connectivity index (χ4n) is 1.53. The summed E-state index contributed by atoms with van der Waals surface area (Å²) in [6.07, 6.45) is 3.52. The fraction of sp³-hybridized carbons (Fsp3) is 0.750. The maximum Gasteiger partial charge on any atom is 0.0642 e. The van der Waals surface area contributed by atoms with Crippen LogP contribution in [0.1, 0.15) is 12.8 Å². The van der Waals surface area contributed by atoms with Crippen molar-refractivity contribution in [3.8, 4) is 0 Å². The third-order valence-corrected chi connectivity index (χ3v) is 2.07. The molecule has 11 heavy (non-hydrogen) atoms. The lowest BCUT2D eigenvalue weighted by atomic mass is 9.87. The zero-order valence-corrected chi connectivity index (χ0v) is 6.53. The molecule has 0 spiro atoms. The molecule has 0 amide bonds. The molecule has 0 heterocycles. The average molecular weight is 157 g/mol. The van der Waals surface area contributed by atoms with Crippen LogP contribution in [-0.4, -0.2) is 29.5 Å². The van der Waals surface area contributed by atoms with E-state index in [4.69, 9.17) is 15.9 Å². The van der Waals surface area contributed by atoms with Gasteiger partial charge in [0.1, 0.15) is 0 Å². The highest BCUT2D eigenvalue weighted by molar-refractivity contribution is 5.11. The van der Waals surface area contributed by atoms with Gasteiger partial charge < -0.3 is 15.9 Å². The molecular weight excluding hydrogens is 142 g/mol. The number of hydrogen-bond acceptors (Lipinski definition) is 3. The number of hydrogen-bond donors (Lipinski definition) is 3. The molecule has 2 unspecified atom stereocenters. The van der Waals surface area contributed by atoms with Gasteiger partial charge in [-0.1, -0.05) is 6.08 Å². The third kappa shape index (κ3) is 2.29. The van der Waals surface area contributed by atoms with Gasteiger partial charge in [-0.2, -0.15) is 0 Å². The zero-order chi connectivity index (χ0) is 8.27. The monoisotopic (exact) mass is 157 g/mol. The number of aliphatic hydroxyl groups excluding tert-OH is 2. The Morgan fingerprint density at radius 3 is 2.82 bits per heavy atom. The SMILES string of the molecule is NC1C=C(CO)CC(CO)C1. The molecule has 2 atom stereocenters. The number of nitrogens with two attached hydrogens (primary N) is 1. The first-order valence-electron chi connectivity index (χ1n) is 3.93. The lowest BCUT2D eigenvalue weighted by Gasteiger charge is -2.23. The van der Waals surface area contributed by atoms with Crippen LogP contribution in [0.3, 0.4) is 0 Å². The van der Waals surface area contributed by atoms with Crippen molar-refractivity contribution in [1.29, 1.82) is 0 Å². The topological polar surface area (TPSA) is 66.5 Å². The molecule has 0 radical (unpaired) electrons. The van der Waals surface area contributed by atoms with Crippen LogP contribution in [0, 0.1) is 5.92 Å². The van der Waals surface area contributed by atoms with E-state index in [1.807, 2.05) is 6.08 Å². The van der Waals surface area contributed by atoms with Gasteiger partial charge >= 0.3 is 0 Å². The predicted molar refractivity (Wildman–Crippen MR) is 43.0 cm³/mol. The normalized spacial score (nSPS) is 31.7. The second-order valence-electron chi connectivity index (χ2n) is 3.14. The van der Waals surface area contributed by atoms with E-state index in [9.17, 15) is 0 Å². The molecule has 0 aromatic heterocycles. The Labute approximate surface area is 66.5 Å². The Bertz CT molecular complexity index is 156. The van der Waals surface area contributed by atoms with Gasteiger partial charge in [-0.15, -0.1) is 0 Å². The third-order valence-electron chi connectivity index (χ3n) is 2.07. The van der Waals surface area contributed by atoms with Gasteiger partial charge in [0.05, 0.1) is 6.61 Å². The summed E-state index contributed by atoms with van der Waals surface area (Å²) in [4.78, 5) is 0. The minimum Gasteiger partial charge on any atom is -0.396 e. The Morgan fingerprint density at radius 1 is 1.55 bits per heavy atom. The van der Waals surface area contributed by atoms with Crippen LogP contribution in [0.5, 0.6) is 0 Å². The van der Waals surface area contributed by atoms with Crippen LogP contribution in [-0.2, 0) is 0 Å². The van der Waals surface area contributed by atoms with Crippen molar-refractivity contribution in [3.05, 3.63) is 11.6 Å². The Hall–Kier alpha value is -0.380. The Balaban J connectivity index is 2.54. The lowest BCUT2D eigenvalue weighted by Crippen LogP contribution is -2.28. The highest BCUT2D eigenvalue weighted by atomic mass is 16.3. The van der Waals surface area contributed by atoms with E-state index in [0.717, 1.165) is 18.4 Å². The van der Waals surface area contributed by atoms with Crippen molar-refractivity contribution < 1.29 is 10.2 Å². The van der Waals surface area contributed by atoms with E-state index in [1.165, 1.54) is 0 Å². The molecule has 0 saturated heterocycles. The summed E-state index contributed by atoms with van der Waals surface area (Å²) >= 11 is 0. The zero-order valence-electron chi connectivity index (χ0n) is 6.53. The van der Waals surface area contributed by atoms with E-state index in [0.29, 0.717) is 0 Å². The first kappa shape index (κ1) is 8.71. The van der Waals surface area contributed by atoms with E-state index in [-0.39, 0.29) is 25.2 Å². The minimum atomic E-state index is 0.0167. The molecule has 3 nitrogen and oxygen atoms in total. The van der Waals surface area contributed by atoms with Crippen molar-refractivity contribution in [2.24, 2.45) is 11.7 Å². The van der Waals surface area contributed by atoms with Crippen LogP contribution >= 0.6 is 0 Å². The lowest BCUT2D eigenvalue weighted by molar-refractivity contribution is 0.203. The van der Waals surface area contributed by atoms with Crippen molar-refractivity contribution in [2.45, 2.75) is 18.9 Å². The van der Waals surface area contributed by atoms with Crippen molar-refractivity contribution in [2.75, 3.05) is 13.2 Å². The molecule has 1 rings (SSSR count). The summed E-state index contributed by atoms with van der Waals surface area (Å²) in [6.45, 7) is 0.245. The Morgan fingerprint density at radius 2 is 2.27 bits per heavy atom. The summed E-state index contributed by atoms with van der Waals surface area (Å²) in [5.41, 5.74) is 6.63. The van der Waals surface area contributed by atoms with Gasteiger partial charge in [0.25, 0.3) is 0 Å². The minimum absolute atomic E-state index is 0.0167. The van der Waals surface area contributed by atoms with Gasteiger partial charge in [0.2, 0.25) is 0 Å². The van der Waals surface area contributed by atoms with E-state index in [2.05, 4.69) is 0 Å². The highest BCUT2D eigenvalue weighted by Crippen LogP contribution is 2.22. The van der Waals surface area contributed by atoms with Crippen LogP contribution in [0.4, 0.5) is 0 Å². The fourth-order valence-corrected chi connectivity index (χ4v) is 1.53. The number of aliphatic hydroxyl groups is 2. The first-order chi connectivity index (χ1) is 5.26. The molecule has 0 aliphatic heterocycles. The van der Waals surface area contributed by atoms with Gasteiger partial charge in [0.15, 0.2) is 0 Å². The predicted octanol–water partition coefficient (Wildman–Crippen LogP) is -0.365. The first-order valence-corrected chi connectivity index (χ1v) is 3.93. The van der Waals surface area contributed by atoms with E-state index >= 15 is 0 Å². The molecule has 0 aromatic carbocycles. The second kappa shape index (κ2) is 3.85. The summed E-state index contributed by atoms with van der Waals surface area (Å²) in [6, 6.07) is 0.0167. The molecule has 4 N–H and O–H groups in total. The summed E-state index contributed by atoms with van der Waals surface area (Å²) < 4.78 is 0. The molecule has 1 aliphatic carbocycles. The summed E-state index contributed by atoms with van der Waals surface area (Å²) in [5, 5.41) is 17.7. The molecule has 0 bridgehead atoms. The quantitative estimate of drug-likeness (QED) is 0.479. The van der Waals surface area contributed by atoms with Crippen molar-refractivity contribution in [1.82, 2.24) is 0 Å². The number of rotatable bonds is 2. The average Bonchev–Trinajstić information content (AvgIpc) is 2.03. The maximum absolute atomic E-state index is 8.86. The molecule has 1 aliphatic rings.